The van der Waals surface area contributed by atoms with E-state index in [4.69, 9.17) is 18.9 Å². The number of hydrogen-bond acceptors (Lipinski definition) is 6. The van der Waals surface area contributed by atoms with Crippen LogP contribution in [0.1, 0.15) is 24.1 Å². The number of nitrogens with zero attached hydrogens (tertiary/aromatic N) is 1. The van der Waals surface area contributed by atoms with Crippen molar-refractivity contribution in [1.29, 1.82) is 0 Å². The zero-order valence-corrected chi connectivity index (χ0v) is 13.5. The lowest BCUT2D eigenvalue weighted by Crippen LogP contribution is -2.32. The Morgan fingerprint density at radius 1 is 1.48 bits per heavy atom. The SMILES string of the molecule is CCOC(=O)C#CC1c2c(cc3c(c2OC)OCO3)CCN1C. The molecule has 3 rings (SSSR count). The number of hydrogen-bond donors (Lipinski definition) is 0. The molecule has 6 heteroatoms. The Morgan fingerprint density at radius 2 is 2.30 bits per heavy atom. The van der Waals surface area contributed by atoms with Crippen molar-refractivity contribution < 1.29 is 23.7 Å². The first-order valence-electron chi connectivity index (χ1n) is 7.53. The molecule has 0 saturated carbocycles. The molecule has 1 aromatic rings. The Labute approximate surface area is 135 Å². The van der Waals surface area contributed by atoms with Gasteiger partial charge in [-0.05, 0) is 32.0 Å². The van der Waals surface area contributed by atoms with Crippen molar-refractivity contribution in [2.45, 2.75) is 19.4 Å². The normalized spacial score (nSPS) is 18.7. The first kappa shape index (κ1) is 15.5. The van der Waals surface area contributed by atoms with Crippen LogP contribution in [0.3, 0.4) is 0 Å². The van der Waals surface area contributed by atoms with Gasteiger partial charge in [0, 0.05) is 18.0 Å². The first-order valence-corrected chi connectivity index (χ1v) is 7.53. The predicted octanol–water partition coefficient (Wildman–Crippen LogP) is 1.52. The van der Waals surface area contributed by atoms with E-state index in [0.717, 1.165) is 24.1 Å². The molecular formula is C17H19NO5. The summed E-state index contributed by atoms with van der Waals surface area (Å²) in [5.41, 5.74) is 2.04. The fourth-order valence-electron chi connectivity index (χ4n) is 2.91. The summed E-state index contributed by atoms with van der Waals surface area (Å²) in [6.45, 7) is 3.08. The van der Waals surface area contributed by atoms with Gasteiger partial charge in [0.15, 0.2) is 11.5 Å². The summed E-state index contributed by atoms with van der Waals surface area (Å²) in [5, 5.41) is 0. The minimum Gasteiger partial charge on any atom is -0.492 e. The van der Waals surface area contributed by atoms with Crippen LogP contribution in [0.4, 0.5) is 0 Å². The van der Waals surface area contributed by atoms with Gasteiger partial charge < -0.3 is 18.9 Å². The Bertz CT molecular complexity index is 688. The second-order valence-electron chi connectivity index (χ2n) is 5.34. The molecule has 122 valence electrons. The molecule has 0 aromatic heterocycles. The van der Waals surface area contributed by atoms with Gasteiger partial charge in [0.25, 0.3) is 0 Å². The molecule has 2 aliphatic rings. The van der Waals surface area contributed by atoms with Gasteiger partial charge in [0.05, 0.1) is 13.7 Å². The van der Waals surface area contributed by atoms with Crippen LogP contribution in [0.2, 0.25) is 0 Å². The lowest BCUT2D eigenvalue weighted by Gasteiger charge is -2.32. The maximum atomic E-state index is 11.6. The van der Waals surface area contributed by atoms with Gasteiger partial charge in [0.1, 0.15) is 6.04 Å². The minimum absolute atomic E-state index is 0.184. The van der Waals surface area contributed by atoms with Crippen molar-refractivity contribution in [3.05, 3.63) is 17.2 Å². The van der Waals surface area contributed by atoms with Gasteiger partial charge in [-0.1, -0.05) is 5.92 Å². The smallest absolute Gasteiger partial charge is 0.384 e. The Hall–Kier alpha value is -2.39. The van der Waals surface area contributed by atoms with Crippen LogP contribution in [0.15, 0.2) is 6.07 Å². The molecule has 2 heterocycles. The topological polar surface area (TPSA) is 57.2 Å². The molecule has 0 bridgehead atoms. The highest BCUT2D eigenvalue weighted by molar-refractivity contribution is 5.88. The predicted molar refractivity (Wildman–Crippen MR) is 82.6 cm³/mol. The second kappa shape index (κ2) is 6.39. The van der Waals surface area contributed by atoms with E-state index < -0.39 is 5.97 Å². The van der Waals surface area contributed by atoms with Crippen LogP contribution >= 0.6 is 0 Å². The standard InChI is InChI=1S/C17H19NO5/c1-4-21-14(19)6-5-12-15-11(7-8-18(12)2)9-13-16(17(15)20-3)23-10-22-13/h9,12H,4,7-8,10H2,1-3H3. The van der Waals surface area contributed by atoms with Crippen molar-refractivity contribution >= 4 is 5.97 Å². The molecule has 0 fully saturated rings. The van der Waals surface area contributed by atoms with Crippen molar-refractivity contribution in [3.63, 3.8) is 0 Å². The lowest BCUT2D eigenvalue weighted by molar-refractivity contribution is -0.136. The van der Waals surface area contributed by atoms with Crippen molar-refractivity contribution in [2.24, 2.45) is 0 Å². The Balaban J connectivity index is 2.05. The summed E-state index contributed by atoms with van der Waals surface area (Å²) < 4.78 is 21.5. The summed E-state index contributed by atoms with van der Waals surface area (Å²) in [6, 6.07) is 1.72. The van der Waals surface area contributed by atoms with E-state index in [9.17, 15) is 4.79 Å². The number of carbonyl (C=O) groups excluding carboxylic acids is 1. The van der Waals surface area contributed by atoms with Gasteiger partial charge in [-0.25, -0.2) is 4.79 Å². The molecule has 0 aliphatic carbocycles. The average Bonchev–Trinajstić information content (AvgIpc) is 3.00. The number of likely N-dealkylation sites (N-methyl/N-ethyl adjacent to an activating group) is 1. The number of benzene rings is 1. The highest BCUT2D eigenvalue weighted by Gasteiger charge is 2.33. The van der Waals surface area contributed by atoms with E-state index in [0.29, 0.717) is 23.9 Å². The van der Waals surface area contributed by atoms with Crippen LogP contribution < -0.4 is 14.2 Å². The van der Waals surface area contributed by atoms with Gasteiger partial charge in [0.2, 0.25) is 12.5 Å². The molecular weight excluding hydrogens is 298 g/mol. The first-order chi connectivity index (χ1) is 11.2. The quantitative estimate of drug-likeness (QED) is 0.468. The van der Waals surface area contributed by atoms with E-state index in [2.05, 4.69) is 16.7 Å². The molecule has 0 spiro atoms. The third kappa shape index (κ3) is 2.80. The Morgan fingerprint density at radius 3 is 3.04 bits per heavy atom. The molecule has 1 unspecified atom stereocenters. The van der Waals surface area contributed by atoms with E-state index in [1.165, 1.54) is 0 Å². The zero-order valence-electron chi connectivity index (χ0n) is 13.5. The molecule has 0 saturated heterocycles. The summed E-state index contributed by atoms with van der Waals surface area (Å²) in [6.07, 6.45) is 0.858. The van der Waals surface area contributed by atoms with Gasteiger partial charge in [-0.15, -0.1) is 0 Å². The number of fused-ring (bicyclic) bond motifs is 2. The van der Waals surface area contributed by atoms with Crippen LogP contribution in [-0.2, 0) is 16.0 Å². The van der Waals surface area contributed by atoms with Crippen molar-refractivity contribution in [3.8, 4) is 29.1 Å². The number of methoxy groups -OCH3 is 1. The number of carbonyl (C=O) groups is 1. The highest BCUT2D eigenvalue weighted by atomic mass is 16.7. The van der Waals surface area contributed by atoms with Crippen LogP contribution in [0, 0.1) is 11.8 Å². The van der Waals surface area contributed by atoms with E-state index in [-0.39, 0.29) is 12.8 Å². The minimum atomic E-state index is -0.521. The molecule has 1 atom stereocenters. The number of esters is 1. The van der Waals surface area contributed by atoms with Crippen molar-refractivity contribution in [1.82, 2.24) is 4.90 Å². The molecule has 2 aliphatic heterocycles. The fraction of sp³-hybridized carbons (Fsp3) is 0.471. The van der Waals surface area contributed by atoms with Gasteiger partial charge >= 0.3 is 5.97 Å². The van der Waals surface area contributed by atoms with Crippen LogP contribution in [0.5, 0.6) is 17.2 Å². The maximum Gasteiger partial charge on any atom is 0.384 e. The third-order valence-corrected chi connectivity index (χ3v) is 3.98. The highest BCUT2D eigenvalue weighted by Crippen LogP contribution is 2.49. The molecule has 0 amide bonds. The van der Waals surface area contributed by atoms with Gasteiger partial charge in [-0.2, -0.15) is 0 Å². The molecule has 6 nitrogen and oxygen atoms in total. The fourth-order valence-corrected chi connectivity index (χ4v) is 2.91. The van der Waals surface area contributed by atoms with E-state index in [1.54, 1.807) is 14.0 Å². The maximum absolute atomic E-state index is 11.6. The zero-order chi connectivity index (χ0) is 16.4. The number of ether oxygens (including phenoxy) is 4. The lowest BCUT2D eigenvalue weighted by atomic mass is 9.91. The van der Waals surface area contributed by atoms with E-state index in [1.807, 2.05) is 13.1 Å². The monoisotopic (exact) mass is 317 g/mol. The Kier molecular flexibility index (Phi) is 4.30. The molecule has 0 radical (unpaired) electrons. The molecule has 1 aromatic carbocycles. The van der Waals surface area contributed by atoms with E-state index >= 15 is 0 Å². The summed E-state index contributed by atoms with van der Waals surface area (Å²) >= 11 is 0. The molecule has 23 heavy (non-hydrogen) atoms. The van der Waals surface area contributed by atoms with Crippen LogP contribution in [-0.4, -0.2) is 45.0 Å². The average molecular weight is 317 g/mol. The van der Waals surface area contributed by atoms with Gasteiger partial charge in [-0.3, -0.25) is 4.90 Å². The van der Waals surface area contributed by atoms with Crippen LogP contribution in [0.25, 0.3) is 0 Å². The summed E-state index contributed by atoms with van der Waals surface area (Å²) in [7, 11) is 3.57. The largest absolute Gasteiger partial charge is 0.492 e. The summed E-state index contributed by atoms with van der Waals surface area (Å²) in [5.74, 6) is 6.97. The summed E-state index contributed by atoms with van der Waals surface area (Å²) in [4.78, 5) is 13.6. The third-order valence-electron chi connectivity index (χ3n) is 3.98. The van der Waals surface area contributed by atoms with Crippen molar-refractivity contribution in [2.75, 3.05) is 34.1 Å². The second-order valence-corrected chi connectivity index (χ2v) is 5.34. The molecule has 0 N–H and O–H groups in total. The number of rotatable bonds is 2.